The van der Waals surface area contributed by atoms with Crippen molar-refractivity contribution < 1.29 is 10.0 Å². The van der Waals surface area contributed by atoms with Gasteiger partial charge in [0.15, 0.2) is 0 Å². The van der Waals surface area contributed by atoms with Crippen molar-refractivity contribution in [3.8, 4) is 0 Å². The van der Waals surface area contributed by atoms with Gasteiger partial charge in [0.25, 0.3) is 5.91 Å². The van der Waals surface area contributed by atoms with Crippen LogP contribution in [0.25, 0.3) is 6.08 Å². The highest BCUT2D eigenvalue weighted by molar-refractivity contribution is 5.91. The van der Waals surface area contributed by atoms with E-state index in [1.807, 2.05) is 48.3 Å². The van der Waals surface area contributed by atoms with E-state index in [9.17, 15) is 4.79 Å². The number of nitrogens with one attached hydrogen (secondary N) is 2. The summed E-state index contributed by atoms with van der Waals surface area (Å²) in [7, 11) is 0. The molecule has 25 heavy (non-hydrogen) atoms. The maximum absolute atomic E-state index is 11.0. The molecule has 0 aliphatic carbocycles. The second kappa shape index (κ2) is 8.94. The lowest BCUT2D eigenvalue weighted by atomic mass is 9.89. The number of benzene rings is 1. The Morgan fingerprint density at radius 3 is 2.68 bits per heavy atom. The molecule has 0 aliphatic heterocycles. The van der Waals surface area contributed by atoms with Gasteiger partial charge in [-0.25, -0.2) is 5.48 Å². The van der Waals surface area contributed by atoms with Crippen LogP contribution in [0.3, 0.4) is 0 Å². The number of amides is 1. The predicted molar refractivity (Wildman–Crippen MR) is 97.7 cm³/mol. The molecule has 1 heterocycles. The highest BCUT2D eigenvalue weighted by Crippen LogP contribution is 2.23. The molecule has 2 rings (SSSR count). The zero-order valence-corrected chi connectivity index (χ0v) is 14.6. The molecule has 2 aromatic rings. The van der Waals surface area contributed by atoms with Crippen LogP contribution in [0.4, 0.5) is 0 Å². The fourth-order valence-corrected chi connectivity index (χ4v) is 2.73. The smallest absolute Gasteiger partial charge is 0.267 e. The van der Waals surface area contributed by atoms with Crippen LogP contribution in [0.15, 0.2) is 42.7 Å². The topological polar surface area (TPSA) is 91.0 Å². The second-order valence-electron chi connectivity index (χ2n) is 5.99. The summed E-state index contributed by atoms with van der Waals surface area (Å²) < 4.78 is 1.87. The van der Waals surface area contributed by atoms with Crippen molar-refractivity contribution in [2.24, 2.45) is 0 Å². The van der Waals surface area contributed by atoms with Gasteiger partial charge in [-0.05, 0) is 36.1 Å². The minimum Gasteiger partial charge on any atom is -0.309 e. The highest BCUT2D eigenvalue weighted by Gasteiger charge is 2.15. The van der Waals surface area contributed by atoms with Crippen molar-refractivity contribution in [3.05, 3.63) is 59.4 Å². The SMILES string of the molecule is CC[C@H](C(=N)CCn1cc(C)cn1)c1ccc(/C=C/C(=O)NO)cc1. The number of nitrogens with zero attached hydrogens (tertiary/aromatic N) is 2. The zero-order chi connectivity index (χ0) is 18.2. The molecule has 0 saturated carbocycles. The first-order valence-electron chi connectivity index (χ1n) is 8.32. The molecular weight excluding hydrogens is 316 g/mol. The average molecular weight is 340 g/mol. The van der Waals surface area contributed by atoms with Crippen molar-refractivity contribution in [2.45, 2.75) is 39.2 Å². The lowest BCUT2D eigenvalue weighted by molar-refractivity contribution is -0.124. The largest absolute Gasteiger partial charge is 0.309 e. The molecule has 1 atom stereocenters. The monoisotopic (exact) mass is 340 g/mol. The van der Waals surface area contributed by atoms with Gasteiger partial charge in [0, 0.05) is 36.9 Å². The van der Waals surface area contributed by atoms with E-state index < -0.39 is 5.91 Å². The fourth-order valence-electron chi connectivity index (χ4n) is 2.73. The minimum atomic E-state index is -0.564. The third-order valence-electron chi connectivity index (χ3n) is 4.08. The van der Waals surface area contributed by atoms with Crippen molar-refractivity contribution in [2.75, 3.05) is 0 Å². The lowest BCUT2D eigenvalue weighted by Gasteiger charge is -2.17. The number of hydrogen-bond donors (Lipinski definition) is 3. The maximum atomic E-state index is 11.0. The molecule has 3 N–H and O–H groups in total. The Morgan fingerprint density at radius 1 is 1.40 bits per heavy atom. The predicted octanol–water partition coefficient (Wildman–Crippen LogP) is 3.31. The summed E-state index contributed by atoms with van der Waals surface area (Å²) >= 11 is 0. The van der Waals surface area contributed by atoms with Crippen molar-refractivity contribution in [1.82, 2.24) is 15.3 Å². The summed E-state index contributed by atoms with van der Waals surface area (Å²) in [6, 6.07) is 7.78. The molecule has 6 heteroatoms. The van der Waals surface area contributed by atoms with Crippen LogP contribution in [0.2, 0.25) is 0 Å². The summed E-state index contributed by atoms with van der Waals surface area (Å²) in [5.41, 5.74) is 5.32. The Labute approximate surface area is 147 Å². The van der Waals surface area contributed by atoms with Crippen LogP contribution in [-0.4, -0.2) is 26.6 Å². The van der Waals surface area contributed by atoms with E-state index in [0.717, 1.165) is 23.1 Å². The average Bonchev–Trinajstić information content (AvgIpc) is 3.05. The molecule has 1 aromatic carbocycles. The summed E-state index contributed by atoms with van der Waals surface area (Å²) in [5.74, 6) is -0.485. The van der Waals surface area contributed by atoms with Crippen LogP contribution in [0, 0.1) is 12.3 Å². The van der Waals surface area contributed by atoms with Gasteiger partial charge in [0.2, 0.25) is 0 Å². The normalized spacial score (nSPS) is 12.3. The van der Waals surface area contributed by atoms with E-state index in [2.05, 4.69) is 12.0 Å². The molecule has 1 aromatic heterocycles. The van der Waals surface area contributed by atoms with Gasteiger partial charge in [-0.15, -0.1) is 0 Å². The van der Waals surface area contributed by atoms with E-state index in [-0.39, 0.29) is 5.92 Å². The molecule has 132 valence electrons. The Balaban J connectivity index is 2.00. The van der Waals surface area contributed by atoms with E-state index in [4.69, 9.17) is 10.6 Å². The summed E-state index contributed by atoms with van der Waals surface area (Å²) in [6.45, 7) is 4.79. The molecular formula is C19H24N4O2. The Hall–Kier alpha value is -2.73. The van der Waals surface area contributed by atoms with Crippen LogP contribution in [0.1, 0.15) is 42.4 Å². The molecule has 0 fully saturated rings. The number of carbonyl (C=O) groups excluding carboxylic acids is 1. The van der Waals surface area contributed by atoms with Gasteiger partial charge in [0.05, 0.1) is 6.20 Å². The van der Waals surface area contributed by atoms with E-state index in [0.29, 0.717) is 18.7 Å². The van der Waals surface area contributed by atoms with Gasteiger partial charge >= 0.3 is 0 Å². The summed E-state index contributed by atoms with van der Waals surface area (Å²) in [4.78, 5) is 11.0. The standard InChI is InChI=1S/C19H24N4O2/c1-3-17(18(20)10-11-23-13-14(2)12-21-23)16-7-4-15(5-8-16)6-9-19(24)22-25/h4-9,12-13,17,20,25H,3,10-11H2,1-2H3,(H,22,24)/b9-6+,20-18?/t17-/m0/s1. The van der Waals surface area contributed by atoms with Gasteiger partial charge in [-0.3, -0.25) is 14.7 Å². The first-order valence-corrected chi connectivity index (χ1v) is 8.32. The molecule has 0 unspecified atom stereocenters. The van der Waals surface area contributed by atoms with E-state index >= 15 is 0 Å². The molecule has 0 spiro atoms. The molecule has 1 amide bonds. The first kappa shape index (κ1) is 18.6. The number of rotatable bonds is 8. The van der Waals surface area contributed by atoms with Crippen LogP contribution in [-0.2, 0) is 11.3 Å². The van der Waals surface area contributed by atoms with Crippen molar-refractivity contribution in [1.29, 1.82) is 5.41 Å². The molecule has 0 saturated heterocycles. The van der Waals surface area contributed by atoms with Crippen LogP contribution >= 0.6 is 0 Å². The third-order valence-corrected chi connectivity index (χ3v) is 4.08. The Bertz CT molecular complexity index is 747. The van der Waals surface area contributed by atoms with E-state index in [1.165, 1.54) is 6.08 Å². The van der Waals surface area contributed by atoms with Crippen molar-refractivity contribution >= 4 is 17.7 Å². The number of aryl methyl sites for hydroxylation is 2. The molecule has 0 radical (unpaired) electrons. The number of hydrogen-bond acceptors (Lipinski definition) is 4. The zero-order valence-electron chi connectivity index (χ0n) is 14.6. The quantitative estimate of drug-likeness (QED) is 0.298. The Morgan fingerprint density at radius 2 is 2.12 bits per heavy atom. The molecule has 0 bridgehead atoms. The van der Waals surface area contributed by atoms with Gasteiger partial charge in [-0.2, -0.15) is 5.10 Å². The first-order chi connectivity index (χ1) is 12.0. The number of aromatic nitrogens is 2. The van der Waals surface area contributed by atoms with Crippen LogP contribution < -0.4 is 5.48 Å². The van der Waals surface area contributed by atoms with Crippen LogP contribution in [0.5, 0.6) is 0 Å². The summed E-state index contributed by atoms with van der Waals surface area (Å²) in [6.07, 6.45) is 8.22. The Kier molecular flexibility index (Phi) is 6.65. The molecule has 6 nitrogen and oxygen atoms in total. The van der Waals surface area contributed by atoms with E-state index in [1.54, 1.807) is 11.6 Å². The lowest BCUT2D eigenvalue weighted by Crippen LogP contribution is -2.15. The fraction of sp³-hybridized carbons (Fsp3) is 0.316. The van der Waals surface area contributed by atoms with Gasteiger partial charge in [-0.1, -0.05) is 31.2 Å². The minimum absolute atomic E-state index is 0.0791. The van der Waals surface area contributed by atoms with Gasteiger partial charge < -0.3 is 5.41 Å². The van der Waals surface area contributed by atoms with Gasteiger partial charge in [0.1, 0.15) is 0 Å². The number of carbonyl (C=O) groups is 1. The maximum Gasteiger partial charge on any atom is 0.267 e. The van der Waals surface area contributed by atoms with Crippen molar-refractivity contribution in [3.63, 3.8) is 0 Å². The highest BCUT2D eigenvalue weighted by atomic mass is 16.5. The number of hydroxylamine groups is 1. The summed E-state index contributed by atoms with van der Waals surface area (Å²) in [5, 5.41) is 21.2. The second-order valence-corrected chi connectivity index (χ2v) is 5.99. The molecule has 0 aliphatic rings. The third kappa shape index (κ3) is 5.39.